The predicted octanol–water partition coefficient (Wildman–Crippen LogP) is 3.83. The van der Waals surface area contributed by atoms with Gasteiger partial charge in [0.25, 0.3) is 17.7 Å². The fraction of sp³-hybridized carbons (Fsp3) is 0.541. The van der Waals surface area contributed by atoms with Crippen molar-refractivity contribution < 1.29 is 35.9 Å². The van der Waals surface area contributed by atoms with Crippen molar-refractivity contribution in [2.75, 3.05) is 69.8 Å². The van der Waals surface area contributed by atoms with Crippen LogP contribution in [0.3, 0.4) is 0 Å². The molecule has 15 heteroatoms. The summed E-state index contributed by atoms with van der Waals surface area (Å²) in [6.07, 6.45) is 0.774. The average molecular weight is 742 g/mol. The molecule has 4 aliphatic rings. The topological polar surface area (TPSA) is 133 Å². The van der Waals surface area contributed by atoms with Gasteiger partial charge in [-0.3, -0.25) is 14.5 Å². The molecule has 0 spiro atoms. The molecule has 1 N–H and O–H groups in total. The summed E-state index contributed by atoms with van der Waals surface area (Å²) in [6.45, 7) is 8.10. The number of aryl methyl sites for hydroxylation is 2. The van der Waals surface area contributed by atoms with Crippen LogP contribution in [0.25, 0.3) is 11.0 Å². The van der Waals surface area contributed by atoms with Crippen molar-refractivity contribution in [3.8, 4) is 0 Å². The summed E-state index contributed by atoms with van der Waals surface area (Å²) in [5.74, 6) is -4.40. The maximum absolute atomic E-state index is 14.4. The number of methoxy groups -OCH3 is 1. The first-order valence-corrected chi connectivity index (χ1v) is 19.2. The zero-order valence-electron chi connectivity index (χ0n) is 30.2. The molecule has 280 valence electrons. The summed E-state index contributed by atoms with van der Waals surface area (Å²) >= 11 is 0. The second-order valence-electron chi connectivity index (χ2n) is 15.0. The molecule has 1 aromatic heterocycles. The van der Waals surface area contributed by atoms with E-state index in [4.69, 9.17) is 9.15 Å². The van der Waals surface area contributed by atoms with Gasteiger partial charge in [-0.05, 0) is 82.5 Å². The van der Waals surface area contributed by atoms with Crippen LogP contribution >= 0.6 is 0 Å². The lowest BCUT2D eigenvalue weighted by atomic mass is 9.92. The van der Waals surface area contributed by atoms with Crippen LogP contribution in [0.15, 0.2) is 33.5 Å². The third-order valence-electron chi connectivity index (χ3n) is 11.4. The summed E-state index contributed by atoms with van der Waals surface area (Å²) in [5.41, 5.74) is 4.17. The molecule has 0 unspecified atom stereocenters. The van der Waals surface area contributed by atoms with Gasteiger partial charge in [-0.25, -0.2) is 26.7 Å². The Morgan fingerprint density at radius 2 is 1.77 bits per heavy atom. The van der Waals surface area contributed by atoms with Gasteiger partial charge in [0.1, 0.15) is 5.58 Å². The average Bonchev–Trinajstić information content (AvgIpc) is 3.77. The second-order valence-corrected chi connectivity index (χ2v) is 17.2. The molecule has 2 amide bonds. The highest BCUT2D eigenvalue weighted by molar-refractivity contribution is 7.91. The number of halogens is 2. The number of hydrogen-bond donors (Lipinski definition) is 1. The first-order valence-electron chi connectivity index (χ1n) is 17.7. The molecule has 2 aromatic carbocycles. The number of fused-ring (bicyclic) bond motifs is 3. The van der Waals surface area contributed by atoms with Crippen LogP contribution < -0.4 is 20.1 Å². The first kappa shape index (κ1) is 36.3. The van der Waals surface area contributed by atoms with E-state index in [-0.39, 0.29) is 42.5 Å². The van der Waals surface area contributed by atoms with Gasteiger partial charge in [0.05, 0.1) is 47.3 Å². The molecular formula is C37H45F2N5O7S. The van der Waals surface area contributed by atoms with E-state index in [9.17, 15) is 31.6 Å². The highest BCUT2D eigenvalue weighted by Gasteiger charge is 2.51. The summed E-state index contributed by atoms with van der Waals surface area (Å²) in [4.78, 5) is 48.3. The van der Waals surface area contributed by atoms with Gasteiger partial charge in [-0.15, -0.1) is 0 Å². The van der Waals surface area contributed by atoms with Gasteiger partial charge in [-0.1, -0.05) is 0 Å². The van der Waals surface area contributed by atoms with E-state index in [0.717, 1.165) is 47.4 Å². The Bertz CT molecular complexity index is 2130. The Morgan fingerprint density at radius 1 is 1.02 bits per heavy atom. The molecule has 3 aliphatic heterocycles. The van der Waals surface area contributed by atoms with Crippen molar-refractivity contribution in [1.29, 1.82) is 0 Å². The van der Waals surface area contributed by atoms with Crippen molar-refractivity contribution in [3.05, 3.63) is 68.1 Å². The molecule has 7 rings (SSSR count). The highest BCUT2D eigenvalue weighted by Crippen LogP contribution is 2.43. The minimum atomic E-state index is -4.00. The third-order valence-corrected chi connectivity index (χ3v) is 13.5. The summed E-state index contributed by atoms with van der Waals surface area (Å²) < 4.78 is 66.9. The van der Waals surface area contributed by atoms with Crippen molar-refractivity contribution in [3.63, 3.8) is 0 Å². The standard InChI is InChI=1S/C37H45F2N5O7S/c1-22-16-29(42-15-14-41(4)25(18-42)20-50-5)23(2)32-31(22)26-8-12-43(19-28(26)35(47)51-32)34(46)24-6-7-27(30(17-24)44-13-11-37(38,39)21-44)33(45)40-52(48,49)36(3)9-10-36/h6-7,16-17,25H,8-15,18-21H2,1-5H3,(H,40,45)/t25-/m1/s1. The second kappa shape index (κ2) is 13.1. The van der Waals surface area contributed by atoms with Crippen molar-refractivity contribution in [2.24, 2.45) is 0 Å². The number of amides is 2. The zero-order valence-corrected chi connectivity index (χ0v) is 31.0. The van der Waals surface area contributed by atoms with Crippen LogP contribution in [-0.2, 0) is 27.7 Å². The largest absolute Gasteiger partial charge is 0.422 e. The molecule has 52 heavy (non-hydrogen) atoms. The predicted molar refractivity (Wildman–Crippen MR) is 193 cm³/mol. The Balaban J connectivity index is 1.17. The van der Waals surface area contributed by atoms with Crippen LogP contribution in [0.5, 0.6) is 0 Å². The fourth-order valence-corrected chi connectivity index (χ4v) is 9.02. The molecule has 0 radical (unpaired) electrons. The van der Waals surface area contributed by atoms with Crippen molar-refractivity contribution in [2.45, 2.75) is 69.7 Å². The quantitative estimate of drug-likeness (QED) is 0.340. The lowest BCUT2D eigenvalue weighted by Crippen LogP contribution is -2.53. The molecule has 1 saturated carbocycles. The van der Waals surface area contributed by atoms with Crippen LogP contribution in [0.4, 0.5) is 20.2 Å². The normalized spacial score (nSPS) is 21.4. The van der Waals surface area contributed by atoms with Gasteiger partial charge < -0.3 is 23.9 Å². The molecule has 1 atom stereocenters. The number of carbonyl (C=O) groups excluding carboxylic acids is 2. The van der Waals surface area contributed by atoms with Crippen LogP contribution in [0.1, 0.15) is 69.2 Å². The van der Waals surface area contributed by atoms with Gasteiger partial charge >= 0.3 is 5.63 Å². The number of hydrogen-bond acceptors (Lipinski definition) is 10. The minimum Gasteiger partial charge on any atom is -0.422 e. The zero-order chi connectivity index (χ0) is 37.3. The number of carbonyl (C=O) groups is 2. The van der Waals surface area contributed by atoms with Gasteiger partial charge in [0.15, 0.2) is 0 Å². The molecule has 1 aliphatic carbocycles. The first-order chi connectivity index (χ1) is 24.5. The number of nitrogens with one attached hydrogen (secondary N) is 1. The smallest absolute Gasteiger partial charge is 0.341 e. The summed E-state index contributed by atoms with van der Waals surface area (Å²) in [7, 11) is -0.211. The lowest BCUT2D eigenvalue weighted by Gasteiger charge is -2.41. The van der Waals surface area contributed by atoms with Gasteiger partial charge in [0, 0.05) is 68.5 Å². The number of piperazine rings is 1. The maximum Gasteiger partial charge on any atom is 0.341 e. The van der Waals surface area contributed by atoms with Gasteiger partial charge in [0.2, 0.25) is 10.0 Å². The van der Waals surface area contributed by atoms with Crippen molar-refractivity contribution >= 4 is 44.2 Å². The SMILES string of the molecule is COC[C@H]1CN(c2cc(C)c3c4c(c(=O)oc3c2C)CN(C(=O)c2ccc(C(=O)NS(=O)(=O)C3(C)CC3)c(N3CCC(F)(F)C3)c2)CC4)CCN1C. The minimum absolute atomic E-state index is 0.0139. The van der Waals surface area contributed by atoms with Gasteiger partial charge in [-0.2, -0.15) is 0 Å². The van der Waals surface area contributed by atoms with E-state index in [1.54, 1.807) is 14.0 Å². The van der Waals surface area contributed by atoms with Crippen LogP contribution in [0.2, 0.25) is 0 Å². The number of nitrogens with zero attached hydrogens (tertiary/aromatic N) is 4. The van der Waals surface area contributed by atoms with Crippen molar-refractivity contribution in [1.82, 2.24) is 14.5 Å². The molecule has 3 fully saturated rings. The molecule has 12 nitrogen and oxygen atoms in total. The number of likely N-dealkylation sites (N-methyl/N-ethyl adjacent to an activating group) is 1. The number of alkyl halides is 2. The highest BCUT2D eigenvalue weighted by atomic mass is 32.2. The molecule has 4 heterocycles. The Morgan fingerprint density at radius 3 is 2.44 bits per heavy atom. The summed E-state index contributed by atoms with van der Waals surface area (Å²) in [5, 5.41) is 0.869. The summed E-state index contributed by atoms with van der Waals surface area (Å²) in [6, 6.07) is 6.43. The Labute approximate surface area is 301 Å². The monoisotopic (exact) mass is 741 g/mol. The van der Waals surface area contributed by atoms with E-state index in [0.29, 0.717) is 37.0 Å². The van der Waals surface area contributed by atoms with Crippen LogP contribution in [-0.4, -0.2) is 107 Å². The fourth-order valence-electron chi connectivity index (χ4n) is 7.78. The number of rotatable bonds is 8. The molecule has 2 saturated heterocycles. The van der Waals surface area contributed by atoms with E-state index >= 15 is 0 Å². The van der Waals surface area contributed by atoms with Crippen LogP contribution in [0, 0.1) is 13.8 Å². The van der Waals surface area contributed by atoms with E-state index in [1.165, 1.54) is 28.0 Å². The van der Waals surface area contributed by atoms with E-state index < -0.39 is 51.1 Å². The lowest BCUT2D eigenvalue weighted by molar-refractivity contribution is 0.0256. The molecular weight excluding hydrogens is 696 g/mol. The molecule has 0 bridgehead atoms. The third kappa shape index (κ3) is 6.44. The maximum atomic E-state index is 14.4. The Hall–Kier alpha value is -4.08. The Kier molecular flexibility index (Phi) is 9.14. The van der Waals surface area contributed by atoms with E-state index in [1.807, 2.05) is 13.8 Å². The number of sulfonamides is 1. The van der Waals surface area contributed by atoms with E-state index in [2.05, 4.69) is 27.6 Å². The number of ether oxygens (including phenoxy) is 1. The number of anilines is 2. The molecule has 3 aromatic rings. The number of benzene rings is 2.